The van der Waals surface area contributed by atoms with Crippen LogP contribution in [0.5, 0.6) is 23.0 Å². The number of ether oxygens (including phenoxy) is 6. The summed E-state index contributed by atoms with van der Waals surface area (Å²) < 4.78 is 71.4. The van der Waals surface area contributed by atoms with Gasteiger partial charge in [-0.15, -0.1) is 0 Å². The first-order chi connectivity index (χ1) is 33.6. The topological polar surface area (TPSA) is 176 Å². The molecule has 362 valence electrons. The van der Waals surface area contributed by atoms with Gasteiger partial charge < -0.3 is 39.9 Å². The Morgan fingerprint density at radius 1 is 0.500 bits per heavy atom. The zero-order valence-corrected chi connectivity index (χ0v) is 38.2. The lowest BCUT2D eigenvalue weighted by Gasteiger charge is -2.32. The van der Waals surface area contributed by atoms with Crippen molar-refractivity contribution in [2.45, 2.75) is 57.4 Å². The number of rotatable bonds is 22. The minimum absolute atomic E-state index is 0.0662. The SMILES string of the molecule is CCCCOc1ccc(C(=O)Oc2ccc(/C=C/C(=O)OC(Cc3ccc(N)cc3)(Cc3ccc(N)cc3)OC(=O)/C=C/c3ccc(OC(=O)c4ccc(OCCCC(F)(F)F)cc4)cc3)cc2)cc1. The normalized spacial score (nSPS) is 11.5. The van der Waals surface area contributed by atoms with E-state index in [0.29, 0.717) is 57.3 Å². The molecule has 0 aliphatic carbocycles. The van der Waals surface area contributed by atoms with Gasteiger partial charge in [-0.2, -0.15) is 13.2 Å². The van der Waals surface area contributed by atoms with Crippen molar-refractivity contribution in [2.24, 2.45) is 0 Å². The van der Waals surface area contributed by atoms with Gasteiger partial charge in [-0.05, 0) is 144 Å². The molecule has 0 bridgehead atoms. The number of hydrogen-bond donors (Lipinski definition) is 2. The Balaban J connectivity index is 1.12. The highest BCUT2D eigenvalue weighted by Gasteiger charge is 2.39. The minimum Gasteiger partial charge on any atom is -0.494 e. The Kier molecular flexibility index (Phi) is 18.0. The van der Waals surface area contributed by atoms with Crippen LogP contribution < -0.4 is 30.4 Å². The Labute approximate surface area is 403 Å². The van der Waals surface area contributed by atoms with Gasteiger partial charge >= 0.3 is 30.1 Å². The number of carbonyl (C=O) groups excluding carboxylic acids is 4. The predicted molar refractivity (Wildman–Crippen MR) is 259 cm³/mol. The van der Waals surface area contributed by atoms with Crippen molar-refractivity contribution < 1.29 is 60.8 Å². The Morgan fingerprint density at radius 3 is 1.24 bits per heavy atom. The van der Waals surface area contributed by atoms with Crippen molar-refractivity contribution >= 4 is 47.4 Å². The molecule has 12 nitrogen and oxygen atoms in total. The molecule has 0 atom stereocenters. The van der Waals surface area contributed by atoms with E-state index >= 15 is 0 Å². The maximum Gasteiger partial charge on any atom is 0.389 e. The summed E-state index contributed by atoms with van der Waals surface area (Å²) >= 11 is 0. The Bertz CT molecular complexity index is 2670. The standard InChI is InChI=1S/C55H51F3N2O10/c1-2-3-34-65-46-27-15-42(16-28-46)52(63)67-48-23-9-38(10-24-48)13-31-50(61)69-54(36-40-5-19-44(59)20-6-40,37-41-7-21-45(60)22-8-41)70-51(62)32-14-39-11-25-49(26-12-39)68-53(64)43-17-29-47(30-18-43)66-35-4-33-55(56,57)58/h5-32H,2-4,33-37,59-60H2,1H3/b31-13+,32-14+. The first kappa shape index (κ1) is 51.1. The fourth-order valence-corrected chi connectivity index (χ4v) is 6.68. The maximum atomic E-state index is 13.7. The van der Waals surface area contributed by atoms with Crippen LogP contribution in [0.1, 0.15) is 75.6 Å². The summed E-state index contributed by atoms with van der Waals surface area (Å²) in [6, 6.07) is 38.9. The number of nitrogen functional groups attached to an aromatic ring is 2. The lowest BCUT2D eigenvalue weighted by molar-refractivity contribution is -0.221. The second-order valence-corrected chi connectivity index (χ2v) is 16.0. The molecule has 0 aromatic heterocycles. The summed E-state index contributed by atoms with van der Waals surface area (Å²) in [4.78, 5) is 53.1. The summed E-state index contributed by atoms with van der Waals surface area (Å²) in [5.41, 5.74) is 15.9. The average Bonchev–Trinajstić information content (AvgIpc) is 3.34. The monoisotopic (exact) mass is 956 g/mol. The molecule has 70 heavy (non-hydrogen) atoms. The molecule has 0 saturated carbocycles. The number of esters is 4. The average molecular weight is 957 g/mol. The highest BCUT2D eigenvalue weighted by Crippen LogP contribution is 2.29. The summed E-state index contributed by atoms with van der Waals surface area (Å²) in [6.45, 7) is 2.53. The van der Waals surface area contributed by atoms with Crippen molar-refractivity contribution in [3.05, 3.63) is 191 Å². The van der Waals surface area contributed by atoms with Crippen LogP contribution >= 0.6 is 0 Å². The molecule has 0 spiro atoms. The van der Waals surface area contributed by atoms with Gasteiger partial charge in [-0.25, -0.2) is 19.2 Å². The van der Waals surface area contributed by atoms with Crippen LogP contribution in [-0.2, 0) is 31.9 Å². The third-order valence-electron chi connectivity index (χ3n) is 10.3. The molecule has 0 aliphatic heterocycles. The molecular weight excluding hydrogens is 906 g/mol. The highest BCUT2D eigenvalue weighted by atomic mass is 19.4. The number of anilines is 2. The lowest BCUT2D eigenvalue weighted by Crippen LogP contribution is -2.44. The molecule has 0 unspecified atom stereocenters. The van der Waals surface area contributed by atoms with Gasteiger partial charge in [0.25, 0.3) is 5.79 Å². The van der Waals surface area contributed by atoms with E-state index in [0.717, 1.165) is 12.8 Å². The van der Waals surface area contributed by atoms with E-state index in [1.807, 2.05) is 0 Å². The first-order valence-electron chi connectivity index (χ1n) is 22.3. The number of nitrogens with two attached hydrogens (primary N) is 2. The smallest absolute Gasteiger partial charge is 0.389 e. The molecule has 15 heteroatoms. The van der Waals surface area contributed by atoms with E-state index in [4.69, 9.17) is 39.9 Å². The van der Waals surface area contributed by atoms with Crippen LogP contribution in [0.15, 0.2) is 158 Å². The van der Waals surface area contributed by atoms with E-state index in [2.05, 4.69) is 6.92 Å². The summed E-state index contributed by atoms with van der Waals surface area (Å²) in [7, 11) is 0. The van der Waals surface area contributed by atoms with Gasteiger partial charge in [0.2, 0.25) is 0 Å². The molecule has 6 rings (SSSR count). The maximum absolute atomic E-state index is 13.7. The predicted octanol–water partition coefficient (Wildman–Crippen LogP) is 11.2. The Morgan fingerprint density at radius 2 is 0.871 bits per heavy atom. The van der Waals surface area contributed by atoms with Gasteiger partial charge in [0.05, 0.1) is 37.2 Å². The fraction of sp³-hybridized carbons (Fsp3) is 0.200. The van der Waals surface area contributed by atoms with E-state index in [9.17, 15) is 32.3 Å². The largest absolute Gasteiger partial charge is 0.494 e. The van der Waals surface area contributed by atoms with Crippen LogP contribution in [0.2, 0.25) is 0 Å². The van der Waals surface area contributed by atoms with E-state index < -0.39 is 42.3 Å². The van der Waals surface area contributed by atoms with Gasteiger partial charge in [0.15, 0.2) is 0 Å². The molecule has 0 saturated heterocycles. The van der Waals surface area contributed by atoms with Crippen molar-refractivity contribution in [1.29, 1.82) is 0 Å². The molecule has 0 radical (unpaired) electrons. The van der Waals surface area contributed by atoms with Crippen molar-refractivity contribution in [2.75, 3.05) is 24.7 Å². The summed E-state index contributed by atoms with van der Waals surface area (Å²) in [6.07, 6.45) is 1.73. The van der Waals surface area contributed by atoms with Crippen LogP contribution in [0.25, 0.3) is 12.2 Å². The number of carbonyl (C=O) groups is 4. The lowest BCUT2D eigenvalue weighted by atomic mass is 9.97. The van der Waals surface area contributed by atoms with E-state index in [1.165, 1.54) is 60.7 Å². The first-order valence-corrected chi connectivity index (χ1v) is 22.3. The van der Waals surface area contributed by atoms with Crippen molar-refractivity contribution in [3.63, 3.8) is 0 Å². The van der Waals surface area contributed by atoms with Crippen LogP contribution in [0, 0.1) is 0 Å². The van der Waals surface area contributed by atoms with Crippen molar-refractivity contribution in [1.82, 2.24) is 0 Å². The molecule has 6 aromatic rings. The third-order valence-corrected chi connectivity index (χ3v) is 10.3. The summed E-state index contributed by atoms with van der Waals surface area (Å²) in [5, 5.41) is 0. The van der Waals surface area contributed by atoms with Gasteiger partial charge in [0.1, 0.15) is 23.0 Å². The zero-order valence-electron chi connectivity index (χ0n) is 38.2. The number of hydrogen-bond acceptors (Lipinski definition) is 12. The molecule has 0 amide bonds. The fourth-order valence-electron chi connectivity index (χ4n) is 6.68. The highest BCUT2D eigenvalue weighted by molar-refractivity contribution is 5.92. The number of halogens is 3. The van der Waals surface area contributed by atoms with E-state index in [1.54, 1.807) is 109 Å². The van der Waals surface area contributed by atoms with Crippen LogP contribution in [0.3, 0.4) is 0 Å². The molecule has 6 aromatic carbocycles. The molecule has 0 heterocycles. The number of benzene rings is 6. The molecule has 0 fully saturated rings. The molecule has 4 N–H and O–H groups in total. The third kappa shape index (κ3) is 16.8. The Hall–Kier alpha value is -8.33. The second-order valence-electron chi connectivity index (χ2n) is 16.0. The zero-order chi connectivity index (χ0) is 49.9. The van der Waals surface area contributed by atoms with Crippen molar-refractivity contribution in [3.8, 4) is 23.0 Å². The van der Waals surface area contributed by atoms with Crippen LogP contribution in [-0.4, -0.2) is 49.1 Å². The molecule has 0 aliphatic rings. The van der Waals surface area contributed by atoms with Gasteiger partial charge in [-0.3, -0.25) is 0 Å². The van der Waals surface area contributed by atoms with Gasteiger partial charge in [-0.1, -0.05) is 61.9 Å². The molecular formula is C55H51F3N2O10. The quantitative estimate of drug-likeness (QED) is 0.0165. The summed E-state index contributed by atoms with van der Waals surface area (Å²) in [5.74, 6) is -3.32. The van der Waals surface area contributed by atoms with Crippen LogP contribution in [0.4, 0.5) is 24.5 Å². The second kappa shape index (κ2) is 24.6. The van der Waals surface area contributed by atoms with E-state index in [-0.39, 0.29) is 42.9 Å². The minimum atomic E-state index is -4.26. The number of alkyl halides is 3. The number of unbranched alkanes of at least 4 members (excludes halogenated alkanes) is 1. The van der Waals surface area contributed by atoms with Gasteiger partial charge in [0, 0.05) is 29.9 Å².